The molecule has 0 aliphatic heterocycles. The van der Waals surface area contributed by atoms with Crippen molar-refractivity contribution in [2.45, 2.75) is 0 Å². The minimum Gasteiger partial charge on any atom is -0.865 e. The Morgan fingerprint density at radius 3 is 2.50 bits per heavy atom. The number of ether oxygens (including phenoxy) is 1. The molecule has 130 valence electrons. The Morgan fingerprint density at radius 1 is 1.08 bits per heavy atom. The van der Waals surface area contributed by atoms with E-state index in [1.165, 1.54) is 25.3 Å². The minimum atomic E-state index is -0.796. The number of hydrogen-bond acceptors (Lipinski definition) is 5. The van der Waals surface area contributed by atoms with Gasteiger partial charge >= 0.3 is 0 Å². The Bertz CT molecular complexity index is 1040. The summed E-state index contributed by atoms with van der Waals surface area (Å²) in [7, 11) is 1.26. The number of allylic oxidation sites excluding steroid dienone is 1. The van der Waals surface area contributed by atoms with E-state index in [2.05, 4.69) is 0 Å². The molecule has 0 saturated heterocycles. The van der Waals surface area contributed by atoms with Gasteiger partial charge in [-0.3, -0.25) is 14.9 Å². The fourth-order valence-corrected chi connectivity index (χ4v) is 2.60. The first-order valence-corrected chi connectivity index (χ1v) is 7.74. The highest BCUT2D eigenvalue weighted by atomic mass is 16.6. The van der Waals surface area contributed by atoms with Crippen molar-refractivity contribution < 1.29 is 19.6 Å². The van der Waals surface area contributed by atoms with Crippen LogP contribution in [-0.2, 0) is 0 Å². The number of fused-ring (bicyclic) bond motifs is 1. The number of carbonyl (C=O) groups excluding carboxylic acids is 1. The van der Waals surface area contributed by atoms with Crippen LogP contribution in [0.3, 0.4) is 0 Å². The molecule has 0 bridgehead atoms. The van der Waals surface area contributed by atoms with Gasteiger partial charge in [0.05, 0.1) is 12.0 Å². The molecule has 0 amide bonds. The second-order valence-electron chi connectivity index (χ2n) is 5.59. The monoisotopic (exact) mass is 348 g/mol. The highest BCUT2D eigenvalue weighted by Crippen LogP contribution is 2.34. The van der Waals surface area contributed by atoms with E-state index >= 15 is 0 Å². The summed E-state index contributed by atoms with van der Waals surface area (Å²) in [5.41, 5.74) is 0.242. The van der Waals surface area contributed by atoms with Crippen molar-refractivity contribution >= 4 is 28.3 Å². The predicted molar refractivity (Wildman–Crippen MR) is 96.4 cm³/mol. The largest absolute Gasteiger partial charge is 0.865 e. The van der Waals surface area contributed by atoms with Crippen LogP contribution in [0.1, 0.15) is 15.9 Å². The Morgan fingerprint density at radius 2 is 1.81 bits per heavy atom. The van der Waals surface area contributed by atoms with Crippen molar-refractivity contribution in [2.75, 3.05) is 7.11 Å². The van der Waals surface area contributed by atoms with Gasteiger partial charge in [0.25, 0.3) is 5.69 Å². The summed E-state index contributed by atoms with van der Waals surface area (Å²) in [5, 5.41) is 24.8. The minimum absolute atomic E-state index is 0.142. The van der Waals surface area contributed by atoms with Crippen molar-refractivity contribution in [1.29, 1.82) is 0 Å². The zero-order valence-corrected chi connectivity index (χ0v) is 13.8. The Labute approximate surface area is 149 Å². The van der Waals surface area contributed by atoms with Gasteiger partial charge in [-0.05, 0) is 34.5 Å². The summed E-state index contributed by atoms with van der Waals surface area (Å²) < 4.78 is 4.88. The van der Waals surface area contributed by atoms with Gasteiger partial charge in [-0.15, -0.1) is 0 Å². The fourth-order valence-electron chi connectivity index (χ4n) is 2.60. The van der Waals surface area contributed by atoms with Crippen LogP contribution in [0.25, 0.3) is 16.8 Å². The number of nitro benzene ring substituents is 1. The molecule has 0 spiro atoms. The summed E-state index contributed by atoms with van der Waals surface area (Å²) in [6.45, 7) is 0. The smallest absolute Gasteiger partial charge is 0.266 e. The summed E-state index contributed by atoms with van der Waals surface area (Å²) in [6.07, 6.45) is 2.74. The molecule has 3 rings (SSSR count). The van der Waals surface area contributed by atoms with E-state index in [1.807, 2.05) is 30.3 Å². The highest BCUT2D eigenvalue weighted by molar-refractivity contribution is 6.08. The second-order valence-corrected chi connectivity index (χ2v) is 5.59. The van der Waals surface area contributed by atoms with Gasteiger partial charge in [0.15, 0.2) is 5.78 Å². The highest BCUT2D eigenvalue weighted by Gasteiger charge is 2.12. The van der Waals surface area contributed by atoms with Crippen LogP contribution in [0.15, 0.2) is 60.7 Å². The quantitative estimate of drug-likeness (QED) is 0.303. The lowest BCUT2D eigenvalue weighted by atomic mass is 10.0. The lowest BCUT2D eigenvalue weighted by molar-refractivity contribution is -0.398. The molecular weight excluding hydrogens is 334 g/mol. The van der Waals surface area contributed by atoms with Crippen molar-refractivity contribution in [2.24, 2.45) is 0 Å². The number of nitrogens with zero attached hydrogens (tertiary/aromatic N) is 1. The first kappa shape index (κ1) is 17.2. The maximum Gasteiger partial charge on any atom is 0.266 e. The zero-order valence-electron chi connectivity index (χ0n) is 13.8. The van der Waals surface area contributed by atoms with E-state index < -0.39 is 16.4 Å². The molecule has 3 aromatic rings. The van der Waals surface area contributed by atoms with E-state index in [9.17, 15) is 20.0 Å². The first-order valence-electron chi connectivity index (χ1n) is 7.74. The molecule has 0 saturated carbocycles. The normalized spacial score (nSPS) is 11.0. The molecule has 0 N–H and O–H groups in total. The number of hydrogen-bond donors (Lipinski definition) is 0. The molecule has 0 unspecified atom stereocenters. The van der Waals surface area contributed by atoms with Gasteiger partial charge < -0.3 is 9.84 Å². The molecule has 0 atom stereocenters. The van der Waals surface area contributed by atoms with Gasteiger partial charge in [0.1, 0.15) is 5.75 Å². The molecule has 0 heterocycles. The molecule has 0 aliphatic carbocycles. The summed E-state index contributed by atoms with van der Waals surface area (Å²) in [5.74, 6) is -1.18. The molecule has 6 heteroatoms. The molecule has 3 aromatic carbocycles. The van der Waals surface area contributed by atoms with Gasteiger partial charge in [-0.2, -0.15) is 0 Å². The van der Waals surface area contributed by atoms with Crippen molar-refractivity contribution in [1.82, 2.24) is 0 Å². The van der Waals surface area contributed by atoms with Gasteiger partial charge in [0, 0.05) is 17.4 Å². The van der Waals surface area contributed by atoms with Gasteiger partial charge in [-0.1, -0.05) is 42.5 Å². The van der Waals surface area contributed by atoms with Crippen LogP contribution >= 0.6 is 0 Å². The lowest BCUT2D eigenvalue weighted by Gasteiger charge is -2.13. The van der Waals surface area contributed by atoms with E-state index in [-0.39, 0.29) is 11.5 Å². The van der Waals surface area contributed by atoms with Crippen LogP contribution in [0.2, 0.25) is 0 Å². The zero-order chi connectivity index (χ0) is 18.7. The molecule has 0 fully saturated rings. The topological polar surface area (TPSA) is 92.5 Å². The number of carbonyl (C=O) groups is 1. The van der Waals surface area contributed by atoms with Crippen molar-refractivity contribution in [3.05, 3.63) is 81.9 Å². The summed E-state index contributed by atoms with van der Waals surface area (Å²) in [6, 6.07) is 15.5. The lowest BCUT2D eigenvalue weighted by Crippen LogP contribution is -2.01. The number of rotatable bonds is 5. The van der Waals surface area contributed by atoms with Crippen LogP contribution in [0.4, 0.5) is 5.69 Å². The molecule has 6 nitrogen and oxygen atoms in total. The number of benzene rings is 3. The Hall–Kier alpha value is -3.67. The second kappa shape index (κ2) is 7.06. The molecule has 26 heavy (non-hydrogen) atoms. The molecule has 0 aliphatic rings. The van der Waals surface area contributed by atoms with E-state index in [4.69, 9.17) is 4.74 Å². The van der Waals surface area contributed by atoms with E-state index in [0.29, 0.717) is 11.1 Å². The SMILES string of the molecule is COc1cc(/C=C/C(=O)c2ccc3ccccc3c2)cc([N+](=O)[O-])c1[O-]. The van der Waals surface area contributed by atoms with Crippen molar-refractivity contribution in [3.63, 3.8) is 0 Å². The summed E-state index contributed by atoms with van der Waals surface area (Å²) in [4.78, 5) is 22.6. The number of nitro groups is 1. The first-order chi connectivity index (χ1) is 12.5. The third-order valence-corrected chi connectivity index (χ3v) is 3.94. The van der Waals surface area contributed by atoms with Crippen LogP contribution in [-0.4, -0.2) is 17.8 Å². The van der Waals surface area contributed by atoms with E-state index in [0.717, 1.165) is 16.8 Å². The standard InChI is InChI=1S/C20H15NO5/c1-26-19-11-13(10-17(20(19)23)21(24)25)6-9-18(22)16-8-7-14-4-2-3-5-15(14)12-16/h2-12,23H,1H3/p-1/b9-6+. The maximum absolute atomic E-state index is 12.4. The maximum atomic E-state index is 12.4. The third-order valence-electron chi connectivity index (χ3n) is 3.94. The van der Waals surface area contributed by atoms with Crippen molar-refractivity contribution in [3.8, 4) is 11.5 Å². The third kappa shape index (κ3) is 3.39. The molecule has 0 radical (unpaired) electrons. The molecule has 0 aromatic heterocycles. The van der Waals surface area contributed by atoms with Crippen LogP contribution in [0.5, 0.6) is 11.5 Å². The fraction of sp³-hybridized carbons (Fsp3) is 0.0500. The Balaban J connectivity index is 1.92. The van der Waals surface area contributed by atoms with Crippen LogP contribution in [0, 0.1) is 10.1 Å². The average Bonchev–Trinajstić information content (AvgIpc) is 2.66. The van der Waals surface area contributed by atoms with Gasteiger partial charge in [-0.25, -0.2) is 0 Å². The number of ketones is 1. The predicted octanol–water partition coefficient (Wildman–Crippen LogP) is 3.73. The summed E-state index contributed by atoms with van der Waals surface area (Å²) >= 11 is 0. The molecular formula is C20H14NO5-. The average molecular weight is 348 g/mol. The Kier molecular flexibility index (Phi) is 4.66. The van der Waals surface area contributed by atoms with Gasteiger partial charge in [0.2, 0.25) is 0 Å². The van der Waals surface area contributed by atoms with Crippen LogP contribution < -0.4 is 9.84 Å². The number of methoxy groups -OCH3 is 1. The van der Waals surface area contributed by atoms with E-state index in [1.54, 1.807) is 12.1 Å².